The molecule has 1 fully saturated rings. The summed E-state index contributed by atoms with van der Waals surface area (Å²) in [6.07, 6.45) is 3.31. The lowest BCUT2D eigenvalue weighted by Crippen LogP contribution is -2.40. The van der Waals surface area contributed by atoms with Crippen molar-refractivity contribution in [2.45, 2.75) is 65.8 Å². The number of hydrogen-bond acceptors (Lipinski definition) is 4. The third kappa shape index (κ3) is 5.58. The maximum atomic E-state index is 13.7. The van der Waals surface area contributed by atoms with E-state index in [1.165, 1.54) is 0 Å². The van der Waals surface area contributed by atoms with Crippen molar-refractivity contribution in [3.8, 4) is 16.9 Å². The molecule has 2 atom stereocenters. The molecule has 0 radical (unpaired) electrons. The van der Waals surface area contributed by atoms with Gasteiger partial charge >= 0.3 is 5.97 Å². The van der Waals surface area contributed by atoms with Crippen LogP contribution >= 0.6 is 11.6 Å². The van der Waals surface area contributed by atoms with E-state index in [9.17, 15) is 14.7 Å². The van der Waals surface area contributed by atoms with Gasteiger partial charge in [-0.05, 0) is 82.2 Å². The van der Waals surface area contributed by atoms with E-state index >= 15 is 0 Å². The van der Waals surface area contributed by atoms with E-state index in [0.717, 1.165) is 67.3 Å². The van der Waals surface area contributed by atoms with E-state index in [1.54, 1.807) is 0 Å². The zero-order chi connectivity index (χ0) is 29.4. The summed E-state index contributed by atoms with van der Waals surface area (Å²) in [6, 6.07) is 9.57. The molecule has 1 aliphatic carbocycles. The molecule has 0 bridgehead atoms. The monoisotopic (exact) mass is 576 g/mol. The van der Waals surface area contributed by atoms with Gasteiger partial charge in [-0.15, -0.1) is 0 Å². The van der Waals surface area contributed by atoms with Gasteiger partial charge in [0.25, 0.3) is 5.91 Å². The molecule has 0 aliphatic heterocycles. The Hall–Kier alpha value is -3.78. The normalized spacial score (nSPS) is 16.8. The van der Waals surface area contributed by atoms with Gasteiger partial charge in [-0.25, -0.2) is 0 Å². The molecular formula is C32H37ClN4O4. The molecule has 216 valence electrons. The fourth-order valence-corrected chi connectivity index (χ4v) is 6.31. The summed E-state index contributed by atoms with van der Waals surface area (Å²) in [4.78, 5) is 28.9. The Bertz CT molecular complexity index is 1610. The van der Waals surface area contributed by atoms with Crippen molar-refractivity contribution in [3.05, 3.63) is 69.1 Å². The Morgan fingerprint density at radius 1 is 1.17 bits per heavy atom. The molecule has 5 rings (SSSR count). The number of ether oxygens (including phenoxy) is 1. The number of amides is 1. The summed E-state index contributed by atoms with van der Waals surface area (Å²) in [6.45, 7) is 8.42. The minimum atomic E-state index is -0.862. The van der Waals surface area contributed by atoms with Crippen LogP contribution in [0.25, 0.3) is 22.0 Å². The Kier molecular flexibility index (Phi) is 8.13. The van der Waals surface area contributed by atoms with Crippen LogP contribution in [0.1, 0.15) is 64.2 Å². The fraction of sp³-hybridized carbons (Fsp3) is 0.406. The number of aliphatic carboxylic acids is 1. The third-order valence-corrected chi connectivity index (χ3v) is 8.94. The number of benzene rings is 2. The molecule has 2 aromatic heterocycles. The molecule has 1 aliphatic rings. The predicted molar refractivity (Wildman–Crippen MR) is 161 cm³/mol. The fourth-order valence-electron chi connectivity index (χ4n) is 6.20. The maximum absolute atomic E-state index is 13.7. The van der Waals surface area contributed by atoms with Crippen LogP contribution in [0.2, 0.25) is 5.02 Å². The highest BCUT2D eigenvalue weighted by Crippen LogP contribution is 2.36. The number of hydrogen-bond donors (Lipinski definition) is 3. The van der Waals surface area contributed by atoms with Crippen LogP contribution in [0, 0.1) is 33.6 Å². The lowest BCUT2D eigenvalue weighted by Gasteiger charge is -2.17. The van der Waals surface area contributed by atoms with E-state index in [0.29, 0.717) is 38.0 Å². The zero-order valence-electron chi connectivity index (χ0n) is 24.2. The second-order valence-electron chi connectivity index (χ2n) is 11.2. The molecule has 9 heteroatoms. The molecule has 2 aromatic carbocycles. The first-order valence-electron chi connectivity index (χ1n) is 14.1. The Balaban J connectivity index is 1.47. The average molecular weight is 577 g/mol. The second-order valence-corrected chi connectivity index (χ2v) is 11.5. The summed E-state index contributed by atoms with van der Waals surface area (Å²) in [5, 5.41) is 19.0. The smallest absolute Gasteiger partial charge is 0.308 e. The summed E-state index contributed by atoms with van der Waals surface area (Å²) < 4.78 is 7.93. The summed E-state index contributed by atoms with van der Waals surface area (Å²) in [7, 11) is 1.93. The molecular weight excluding hydrogens is 540 g/mol. The lowest BCUT2D eigenvalue weighted by atomic mass is 9.98. The Morgan fingerprint density at radius 3 is 2.56 bits per heavy atom. The van der Waals surface area contributed by atoms with Crippen LogP contribution in [0.5, 0.6) is 5.75 Å². The van der Waals surface area contributed by atoms with Gasteiger partial charge in [0.05, 0.1) is 23.7 Å². The summed E-state index contributed by atoms with van der Waals surface area (Å²) >= 11 is 6.31. The van der Waals surface area contributed by atoms with E-state index in [4.69, 9.17) is 16.3 Å². The molecule has 1 amide bonds. The minimum Gasteiger partial charge on any atom is -0.494 e. The number of para-hydroxylation sites is 1. The number of aromatic amines is 1. The van der Waals surface area contributed by atoms with Crippen LogP contribution in [0.3, 0.4) is 0 Å². The average Bonchev–Trinajstić information content (AvgIpc) is 3.61. The van der Waals surface area contributed by atoms with Crippen LogP contribution in [0.15, 0.2) is 30.3 Å². The third-order valence-electron chi connectivity index (χ3n) is 8.35. The zero-order valence-corrected chi connectivity index (χ0v) is 25.0. The standard InChI is InChI=1S/C32H37ClN4O4/c1-17-15-21(16-18(2)28(17)33)41-14-8-12-23-22-9-6-11-25(27-19(3)36-37(5)20(27)4)29(22)35-30(23)31(38)34-26-13-7-10-24(26)32(39)40/h6,9,11,15-16,24,26,35H,7-8,10,12-14H2,1-5H3,(H,34,38)(H,39,40). The summed E-state index contributed by atoms with van der Waals surface area (Å²) in [5.74, 6) is -0.932. The number of nitrogens with zero attached hydrogens (tertiary/aromatic N) is 2. The van der Waals surface area contributed by atoms with Crippen LogP contribution in [-0.2, 0) is 18.3 Å². The highest BCUT2D eigenvalue weighted by atomic mass is 35.5. The molecule has 4 aromatic rings. The largest absolute Gasteiger partial charge is 0.494 e. The van der Waals surface area contributed by atoms with Gasteiger partial charge in [-0.1, -0.05) is 36.2 Å². The number of H-pyrrole nitrogens is 1. The van der Waals surface area contributed by atoms with Crippen molar-refractivity contribution >= 4 is 34.4 Å². The predicted octanol–water partition coefficient (Wildman–Crippen LogP) is 6.45. The number of carbonyl (C=O) groups excluding carboxylic acids is 1. The van der Waals surface area contributed by atoms with Gasteiger partial charge in [0.2, 0.25) is 0 Å². The second kappa shape index (κ2) is 11.6. The first kappa shape index (κ1) is 28.7. The van der Waals surface area contributed by atoms with Gasteiger partial charge in [0.1, 0.15) is 11.4 Å². The van der Waals surface area contributed by atoms with Gasteiger partial charge in [0, 0.05) is 40.3 Å². The Labute approximate surface area is 245 Å². The van der Waals surface area contributed by atoms with E-state index in [1.807, 2.05) is 69.8 Å². The van der Waals surface area contributed by atoms with Crippen LogP contribution in [-0.4, -0.2) is 44.4 Å². The van der Waals surface area contributed by atoms with Crippen molar-refractivity contribution in [3.63, 3.8) is 0 Å². The number of halogens is 1. The number of nitrogens with one attached hydrogen (secondary N) is 2. The molecule has 2 unspecified atom stereocenters. The maximum Gasteiger partial charge on any atom is 0.308 e. The summed E-state index contributed by atoms with van der Waals surface area (Å²) in [5.41, 5.74) is 8.16. The minimum absolute atomic E-state index is 0.273. The molecule has 0 saturated heterocycles. The molecule has 41 heavy (non-hydrogen) atoms. The first-order valence-corrected chi connectivity index (χ1v) is 14.5. The molecule has 8 nitrogen and oxygen atoms in total. The first-order chi connectivity index (χ1) is 19.6. The van der Waals surface area contributed by atoms with Gasteiger partial charge in [-0.3, -0.25) is 14.3 Å². The number of fused-ring (bicyclic) bond motifs is 1. The molecule has 0 spiro atoms. The topological polar surface area (TPSA) is 109 Å². The van der Waals surface area contributed by atoms with E-state index in [-0.39, 0.29) is 11.9 Å². The molecule has 1 saturated carbocycles. The van der Waals surface area contributed by atoms with Crippen molar-refractivity contribution in [2.75, 3.05) is 6.61 Å². The van der Waals surface area contributed by atoms with Gasteiger partial charge < -0.3 is 20.1 Å². The lowest BCUT2D eigenvalue weighted by molar-refractivity contribution is -0.142. The number of carbonyl (C=O) groups is 2. The van der Waals surface area contributed by atoms with Crippen molar-refractivity contribution < 1.29 is 19.4 Å². The number of carboxylic acids is 1. The number of aromatic nitrogens is 3. The van der Waals surface area contributed by atoms with E-state index < -0.39 is 11.9 Å². The molecule has 2 heterocycles. The Morgan fingerprint density at radius 2 is 1.90 bits per heavy atom. The van der Waals surface area contributed by atoms with Gasteiger partial charge in [-0.2, -0.15) is 5.10 Å². The van der Waals surface area contributed by atoms with Crippen molar-refractivity contribution in [1.29, 1.82) is 0 Å². The number of aryl methyl sites for hydroxylation is 5. The SMILES string of the molecule is Cc1cc(OCCCc2c(C(=O)NC3CCCC3C(=O)O)[nH]c3c(-c4c(C)nn(C)c4C)cccc23)cc(C)c1Cl. The highest BCUT2D eigenvalue weighted by molar-refractivity contribution is 6.32. The quantitative estimate of drug-likeness (QED) is 0.198. The van der Waals surface area contributed by atoms with Crippen molar-refractivity contribution in [2.24, 2.45) is 13.0 Å². The number of rotatable bonds is 9. The van der Waals surface area contributed by atoms with Crippen LogP contribution in [0.4, 0.5) is 0 Å². The van der Waals surface area contributed by atoms with Crippen LogP contribution < -0.4 is 10.1 Å². The number of carboxylic acid groups (broad SMARTS) is 1. The van der Waals surface area contributed by atoms with E-state index in [2.05, 4.69) is 15.4 Å². The molecule has 3 N–H and O–H groups in total. The van der Waals surface area contributed by atoms with Gasteiger partial charge in [0.15, 0.2) is 0 Å². The highest BCUT2D eigenvalue weighted by Gasteiger charge is 2.35. The van der Waals surface area contributed by atoms with Crippen molar-refractivity contribution in [1.82, 2.24) is 20.1 Å².